The monoisotopic (exact) mass is 311 g/mol. The first-order valence-corrected chi connectivity index (χ1v) is 7.53. The van der Waals surface area contributed by atoms with Crippen LogP contribution >= 0.6 is 11.3 Å². The molecule has 0 unspecified atom stereocenters. The lowest BCUT2D eigenvalue weighted by Crippen LogP contribution is -2.23. The third-order valence-corrected chi connectivity index (χ3v) is 4.39. The summed E-state index contributed by atoms with van der Waals surface area (Å²) >= 11 is 1.44. The Morgan fingerprint density at radius 3 is 2.73 bits per heavy atom. The SMILES string of the molecule is COc1ccc(-c2csc3nc(C)n(CC#N)c(=O)c23)cc1. The van der Waals surface area contributed by atoms with Crippen LogP contribution in [0.15, 0.2) is 34.4 Å². The summed E-state index contributed by atoms with van der Waals surface area (Å²) in [6.07, 6.45) is 0. The van der Waals surface area contributed by atoms with E-state index in [-0.39, 0.29) is 12.1 Å². The van der Waals surface area contributed by atoms with Crippen molar-refractivity contribution in [3.05, 3.63) is 45.8 Å². The van der Waals surface area contributed by atoms with E-state index in [2.05, 4.69) is 4.98 Å². The molecule has 110 valence electrons. The summed E-state index contributed by atoms with van der Waals surface area (Å²) in [5.41, 5.74) is 1.60. The van der Waals surface area contributed by atoms with Crippen molar-refractivity contribution >= 4 is 21.6 Å². The summed E-state index contributed by atoms with van der Waals surface area (Å²) in [5.74, 6) is 1.32. The highest BCUT2D eigenvalue weighted by atomic mass is 32.1. The van der Waals surface area contributed by atoms with Crippen LogP contribution in [0.5, 0.6) is 5.75 Å². The van der Waals surface area contributed by atoms with Gasteiger partial charge in [0.2, 0.25) is 0 Å². The number of benzene rings is 1. The van der Waals surface area contributed by atoms with Crippen LogP contribution in [-0.4, -0.2) is 16.7 Å². The van der Waals surface area contributed by atoms with E-state index in [0.29, 0.717) is 16.0 Å². The third kappa shape index (κ3) is 2.26. The van der Waals surface area contributed by atoms with Gasteiger partial charge in [-0.2, -0.15) is 5.26 Å². The molecule has 0 aliphatic heterocycles. The van der Waals surface area contributed by atoms with E-state index in [9.17, 15) is 4.79 Å². The molecule has 6 heteroatoms. The van der Waals surface area contributed by atoms with Crippen molar-refractivity contribution in [1.29, 1.82) is 5.26 Å². The summed E-state index contributed by atoms with van der Waals surface area (Å²) in [7, 11) is 1.61. The van der Waals surface area contributed by atoms with Gasteiger partial charge in [-0.15, -0.1) is 11.3 Å². The molecule has 5 nitrogen and oxygen atoms in total. The second-order valence-electron chi connectivity index (χ2n) is 4.77. The standard InChI is InChI=1S/C16H13N3O2S/c1-10-18-15-14(16(20)19(10)8-7-17)13(9-22-15)11-3-5-12(21-2)6-4-11/h3-6,9H,8H2,1-2H3. The van der Waals surface area contributed by atoms with Gasteiger partial charge in [0.1, 0.15) is 22.9 Å². The Bertz CT molecular complexity index is 933. The number of aryl methyl sites for hydroxylation is 1. The van der Waals surface area contributed by atoms with Crippen LogP contribution in [0, 0.1) is 18.3 Å². The lowest BCUT2D eigenvalue weighted by molar-refractivity contribution is 0.415. The maximum Gasteiger partial charge on any atom is 0.263 e. The van der Waals surface area contributed by atoms with Crippen LogP contribution < -0.4 is 10.3 Å². The Labute approximate surface area is 131 Å². The molecule has 2 aromatic heterocycles. The minimum absolute atomic E-state index is 0.00546. The average Bonchev–Trinajstić information content (AvgIpc) is 2.95. The molecule has 3 aromatic rings. The topological polar surface area (TPSA) is 67.9 Å². The highest BCUT2D eigenvalue weighted by Crippen LogP contribution is 2.31. The van der Waals surface area contributed by atoms with Gasteiger partial charge in [0, 0.05) is 10.9 Å². The Kier molecular flexibility index (Phi) is 3.65. The molecule has 0 saturated heterocycles. The average molecular weight is 311 g/mol. The van der Waals surface area contributed by atoms with Crippen LogP contribution in [0.4, 0.5) is 0 Å². The Balaban J connectivity index is 2.25. The van der Waals surface area contributed by atoms with Crippen LogP contribution in [0.1, 0.15) is 5.82 Å². The van der Waals surface area contributed by atoms with Crippen molar-refractivity contribution in [2.75, 3.05) is 7.11 Å². The summed E-state index contributed by atoms with van der Waals surface area (Å²) in [5, 5.41) is 11.4. The van der Waals surface area contributed by atoms with Gasteiger partial charge in [0.15, 0.2) is 0 Å². The molecule has 1 aromatic carbocycles. The molecule has 3 rings (SSSR count). The highest BCUT2D eigenvalue weighted by molar-refractivity contribution is 7.17. The van der Waals surface area contributed by atoms with E-state index in [1.165, 1.54) is 15.9 Å². The summed E-state index contributed by atoms with van der Waals surface area (Å²) in [4.78, 5) is 17.8. The Hall–Kier alpha value is -2.65. The molecule has 0 amide bonds. The first kappa shape index (κ1) is 14.3. The maximum atomic E-state index is 12.7. The van der Waals surface area contributed by atoms with Gasteiger partial charge in [0.25, 0.3) is 5.56 Å². The highest BCUT2D eigenvalue weighted by Gasteiger charge is 2.15. The molecule has 0 atom stereocenters. The van der Waals surface area contributed by atoms with Crippen LogP contribution in [0.25, 0.3) is 21.3 Å². The summed E-state index contributed by atoms with van der Waals surface area (Å²) < 4.78 is 6.56. The second kappa shape index (κ2) is 5.62. The number of aromatic nitrogens is 2. The van der Waals surface area contributed by atoms with Crippen molar-refractivity contribution in [1.82, 2.24) is 9.55 Å². The Morgan fingerprint density at radius 1 is 1.36 bits per heavy atom. The summed E-state index contributed by atoms with van der Waals surface area (Å²) in [6, 6.07) is 9.54. The number of hydrogen-bond acceptors (Lipinski definition) is 5. The van der Waals surface area contributed by atoms with Crippen LogP contribution in [0.3, 0.4) is 0 Å². The Morgan fingerprint density at radius 2 is 2.09 bits per heavy atom. The first-order chi connectivity index (χ1) is 10.7. The second-order valence-corrected chi connectivity index (χ2v) is 5.62. The number of methoxy groups -OCH3 is 1. The van der Waals surface area contributed by atoms with Crippen molar-refractivity contribution in [2.45, 2.75) is 13.5 Å². The van der Waals surface area contributed by atoms with E-state index in [1.54, 1.807) is 14.0 Å². The molecule has 0 aliphatic rings. The molecule has 0 aliphatic carbocycles. The zero-order valence-electron chi connectivity index (χ0n) is 12.2. The van der Waals surface area contributed by atoms with Crippen molar-refractivity contribution in [3.8, 4) is 22.9 Å². The molecular formula is C16H13N3O2S. The number of ether oxygens (including phenoxy) is 1. The molecule has 0 radical (unpaired) electrons. The molecule has 0 spiro atoms. The smallest absolute Gasteiger partial charge is 0.263 e. The number of fused-ring (bicyclic) bond motifs is 1. The molecule has 0 saturated carbocycles. The molecule has 0 bridgehead atoms. The van der Waals surface area contributed by atoms with Crippen molar-refractivity contribution < 1.29 is 4.74 Å². The van der Waals surface area contributed by atoms with E-state index >= 15 is 0 Å². The van der Waals surface area contributed by atoms with E-state index in [1.807, 2.05) is 35.7 Å². The zero-order chi connectivity index (χ0) is 15.7. The predicted octanol–water partition coefficient (Wildman–Crippen LogP) is 2.97. The van der Waals surface area contributed by atoms with Gasteiger partial charge in [-0.25, -0.2) is 4.98 Å². The fourth-order valence-electron chi connectivity index (χ4n) is 2.37. The number of hydrogen-bond donors (Lipinski definition) is 0. The first-order valence-electron chi connectivity index (χ1n) is 6.65. The van der Waals surface area contributed by atoms with Gasteiger partial charge in [-0.1, -0.05) is 12.1 Å². The molecule has 0 fully saturated rings. The van der Waals surface area contributed by atoms with E-state index in [4.69, 9.17) is 10.00 Å². The van der Waals surface area contributed by atoms with E-state index < -0.39 is 0 Å². The fraction of sp³-hybridized carbons (Fsp3) is 0.188. The van der Waals surface area contributed by atoms with Crippen LogP contribution in [-0.2, 0) is 6.54 Å². The van der Waals surface area contributed by atoms with Gasteiger partial charge in [-0.05, 0) is 24.6 Å². The zero-order valence-corrected chi connectivity index (χ0v) is 13.0. The fourth-order valence-corrected chi connectivity index (χ4v) is 3.35. The number of nitriles is 1. The quantitative estimate of drug-likeness (QED) is 0.746. The maximum absolute atomic E-state index is 12.7. The van der Waals surface area contributed by atoms with Gasteiger partial charge in [0.05, 0.1) is 18.6 Å². The largest absolute Gasteiger partial charge is 0.497 e. The lowest BCUT2D eigenvalue weighted by atomic mass is 10.1. The predicted molar refractivity (Wildman–Crippen MR) is 86.2 cm³/mol. The number of nitrogens with zero attached hydrogens (tertiary/aromatic N) is 3. The molecule has 2 heterocycles. The minimum atomic E-state index is -0.170. The molecular weight excluding hydrogens is 298 g/mol. The summed E-state index contributed by atoms with van der Waals surface area (Å²) in [6.45, 7) is 1.75. The number of thiophene rings is 1. The third-order valence-electron chi connectivity index (χ3n) is 3.51. The van der Waals surface area contributed by atoms with Gasteiger partial charge < -0.3 is 4.74 Å². The van der Waals surface area contributed by atoms with Crippen LogP contribution in [0.2, 0.25) is 0 Å². The minimum Gasteiger partial charge on any atom is -0.497 e. The lowest BCUT2D eigenvalue weighted by Gasteiger charge is -2.06. The molecule has 0 N–H and O–H groups in total. The van der Waals surface area contributed by atoms with Crippen molar-refractivity contribution in [3.63, 3.8) is 0 Å². The van der Waals surface area contributed by atoms with Gasteiger partial charge >= 0.3 is 0 Å². The van der Waals surface area contributed by atoms with Gasteiger partial charge in [-0.3, -0.25) is 9.36 Å². The van der Waals surface area contributed by atoms with Crippen molar-refractivity contribution in [2.24, 2.45) is 0 Å². The van der Waals surface area contributed by atoms with E-state index in [0.717, 1.165) is 16.9 Å². The molecule has 22 heavy (non-hydrogen) atoms. The number of rotatable bonds is 3. The normalized spacial score (nSPS) is 10.6.